The first-order valence-electron chi connectivity index (χ1n) is 8.17. The average molecular weight is 303 g/mol. The van der Waals surface area contributed by atoms with Crippen molar-refractivity contribution < 1.29 is 9.53 Å². The highest BCUT2D eigenvalue weighted by Crippen LogP contribution is 2.11. The number of carbonyl (C=O) groups excluding carboxylic acids is 1. The van der Waals surface area contributed by atoms with E-state index in [-0.39, 0.29) is 11.8 Å². The van der Waals surface area contributed by atoms with Crippen molar-refractivity contribution in [1.82, 2.24) is 15.5 Å². The SMILES string of the molecule is O=C(NCc1cccc(CN2CCOCC2)c1)C1CCNC1. The van der Waals surface area contributed by atoms with Gasteiger partial charge in [-0.1, -0.05) is 24.3 Å². The molecule has 0 bridgehead atoms. The van der Waals surface area contributed by atoms with E-state index >= 15 is 0 Å². The number of amides is 1. The molecular formula is C17H25N3O2. The van der Waals surface area contributed by atoms with Gasteiger partial charge in [0.25, 0.3) is 0 Å². The Morgan fingerprint density at radius 1 is 1.32 bits per heavy atom. The van der Waals surface area contributed by atoms with Gasteiger partial charge in [0.1, 0.15) is 0 Å². The molecule has 2 aliphatic heterocycles. The lowest BCUT2D eigenvalue weighted by molar-refractivity contribution is -0.124. The molecule has 2 N–H and O–H groups in total. The molecule has 1 aromatic rings. The molecule has 1 unspecified atom stereocenters. The summed E-state index contributed by atoms with van der Waals surface area (Å²) in [6.45, 7) is 6.97. The van der Waals surface area contributed by atoms with Crippen LogP contribution in [0.5, 0.6) is 0 Å². The van der Waals surface area contributed by atoms with Gasteiger partial charge in [-0.15, -0.1) is 0 Å². The summed E-state index contributed by atoms with van der Waals surface area (Å²) < 4.78 is 5.38. The van der Waals surface area contributed by atoms with Gasteiger partial charge >= 0.3 is 0 Å². The number of rotatable bonds is 5. The largest absolute Gasteiger partial charge is 0.379 e. The Morgan fingerprint density at radius 2 is 2.14 bits per heavy atom. The van der Waals surface area contributed by atoms with E-state index in [1.807, 2.05) is 0 Å². The molecule has 5 nitrogen and oxygen atoms in total. The molecule has 3 rings (SSSR count). The number of morpholine rings is 1. The predicted octanol–water partition coefficient (Wildman–Crippen LogP) is 0.745. The smallest absolute Gasteiger partial charge is 0.224 e. The second-order valence-corrected chi connectivity index (χ2v) is 6.12. The number of hydrogen-bond acceptors (Lipinski definition) is 4. The summed E-state index contributed by atoms with van der Waals surface area (Å²) in [7, 11) is 0. The first kappa shape index (κ1) is 15.5. The van der Waals surface area contributed by atoms with E-state index in [1.165, 1.54) is 11.1 Å². The zero-order chi connectivity index (χ0) is 15.2. The lowest BCUT2D eigenvalue weighted by Gasteiger charge is -2.26. The Labute approximate surface area is 132 Å². The molecule has 0 spiro atoms. The monoisotopic (exact) mass is 303 g/mol. The molecular weight excluding hydrogens is 278 g/mol. The first-order chi connectivity index (χ1) is 10.8. The van der Waals surface area contributed by atoms with Crippen LogP contribution < -0.4 is 10.6 Å². The Balaban J connectivity index is 1.50. The van der Waals surface area contributed by atoms with Gasteiger partial charge in [-0.2, -0.15) is 0 Å². The van der Waals surface area contributed by atoms with E-state index in [0.717, 1.165) is 52.4 Å². The van der Waals surface area contributed by atoms with Crippen LogP contribution in [0.15, 0.2) is 24.3 Å². The fraction of sp³-hybridized carbons (Fsp3) is 0.588. The Kier molecular flexibility index (Phi) is 5.43. The second-order valence-electron chi connectivity index (χ2n) is 6.12. The van der Waals surface area contributed by atoms with E-state index in [1.54, 1.807) is 0 Å². The molecule has 22 heavy (non-hydrogen) atoms. The quantitative estimate of drug-likeness (QED) is 0.843. The van der Waals surface area contributed by atoms with E-state index in [2.05, 4.69) is 39.8 Å². The third-order valence-electron chi connectivity index (χ3n) is 4.40. The summed E-state index contributed by atoms with van der Waals surface area (Å²) in [5, 5.41) is 6.29. The van der Waals surface area contributed by atoms with Crippen LogP contribution in [0.2, 0.25) is 0 Å². The molecule has 2 saturated heterocycles. The third-order valence-corrected chi connectivity index (χ3v) is 4.40. The maximum atomic E-state index is 12.0. The molecule has 2 aliphatic rings. The van der Waals surface area contributed by atoms with Gasteiger partial charge in [0, 0.05) is 32.7 Å². The summed E-state index contributed by atoms with van der Waals surface area (Å²) >= 11 is 0. The average Bonchev–Trinajstić information content (AvgIpc) is 3.08. The van der Waals surface area contributed by atoms with E-state index in [0.29, 0.717) is 6.54 Å². The summed E-state index contributed by atoms with van der Waals surface area (Å²) in [4.78, 5) is 14.5. The van der Waals surface area contributed by atoms with Crippen molar-refractivity contribution in [3.8, 4) is 0 Å². The van der Waals surface area contributed by atoms with E-state index < -0.39 is 0 Å². The Hall–Kier alpha value is -1.43. The highest BCUT2D eigenvalue weighted by atomic mass is 16.5. The highest BCUT2D eigenvalue weighted by Gasteiger charge is 2.21. The topological polar surface area (TPSA) is 53.6 Å². The summed E-state index contributed by atoms with van der Waals surface area (Å²) in [6, 6.07) is 8.51. The lowest BCUT2D eigenvalue weighted by Crippen LogP contribution is -2.35. The minimum atomic E-state index is 0.136. The van der Waals surface area contributed by atoms with Crippen molar-refractivity contribution in [3.63, 3.8) is 0 Å². The number of nitrogens with zero attached hydrogens (tertiary/aromatic N) is 1. The van der Waals surface area contributed by atoms with Crippen LogP contribution in [0, 0.1) is 5.92 Å². The molecule has 2 fully saturated rings. The van der Waals surface area contributed by atoms with Gasteiger partial charge in [-0.3, -0.25) is 9.69 Å². The van der Waals surface area contributed by atoms with Gasteiger partial charge in [0.05, 0.1) is 19.1 Å². The highest BCUT2D eigenvalue weighted by molar-refractivity contribution is 5.79. The third kappa shape index (κ3) is 4.29. The zero-order valence-electron chi connectivity index (χ0n) is 13.0. The van der Waals surface area contributed by atoms with Crippen LogP contribution in [0.25, 0.3) is 0 Å². The van der Waals surface area contributed by atoms with Gasteiger partial charge in [-0.25, -0.2) is 0 Å². The fourth-order valence-corrected chi connectivity index (χ4v) is 3.07. The number of benzene rings is 1. The van der Waals surface area contributed by atoms with Crippen LogP contribution in [0.3, 0.4) is 0 Å². The number of nitrogens with one attached hydrogen (secondary N) is 2. The fourth-order valence-electron chi connectivity index (χ4n) is 3.07. The van der Waals surface area contributed by atoms with Crippen LogP contribution in [0.1, 0.15) is 17.5 Å². The van der Waals surface area contributed by atoms with Gasteiger partial charge in [0.15, 0.2) is 0 Å². The molecule has 0 radical (unpaired) electrons. The van der Waals surface area contributed by atoms with Crippen molar-refractivity contribution >= 4 is 5.91 Å². The Bertz CT molecular complexity index is 494. The van der Waals surface area contributed by atoms with Crippen molar-refractivity contribution in [2.24, 2.45) is 5.92 Å². The molecule has 2 heterocycles. The van der Waals surface area contributed by atoms with Gasteiger partial charge in [0.2, 0.25) is 5.91 Å². The lowest BCUT2D eigenvalue weighted by atomic mass is 10.1. The predicted molar refractivity (Wildman–Crippen MR) is 85.4 cm³/mol. The normalized spacial score (nSPS) is 22.6. The molecule has 1 amide bonds. The van der Waals surface area contributed by atoms with Gasteiger partial charge in [-0.05, 0) is 24.1 Å². The molecule has 1 aromatic carbocycles. The van der Waals surface area contributed by atoms with Crippen molar-refractivity contribution in [2.75, 3.05) is 39.4 Å². The minimum Gasteiger partial charge on any atom is -0.379 e. The van der Waals surface area contributed by atoms with Gasteiger partial charge < -0.3 is 15.4 Å². The molecule has 120 valence electrons. The van der Waals surface area contributed by atoms with Crippen LogP contribution in [-0.4, -0.2) is 50.2 Å². The van der Waals surface area contributed by atoms with Crippen LogP contribution in [0.4, 0.5) is 0 Å². The summed E-state index contributed by atoms with van der Waals surface area (Å²) in [6.07, 6.45) is 0.947. The van der Waals surface area contributed by atoms with Crippen molar-refractivity contribution in [3.05, 3.63) is 35.4 Å². The standard InChI is InChI=1S/C17H25N3O2/c21-17(16-4-5-18-12-16)19-11-14-2-1-3-15(10-14)13-20-6-8-22-9-7-20/h1-3,10,16,18H,4-9,11-13H2,(H,19,21). The summed E-state index contributed by atoms with van der Waals surface area (Å²) in [5.41, 5.74) is 2.47. The van der Waals surface area contributed by atoms with E-state index in [4.69, 9.17) is 4.74 Å². The van der Waals surface area contributed by atoms with Crippen LogP contribution >= 0.6 is 0 Å². The molecule has 0 saturated carbocycles. The number of ether oxygens (including phenoxy) is 1. The molecule has 0 aliphatic carbocycles. The van der Waals surface area contributed by atoms with Crippen LogP contribution in [-0.2, 0) is 22.6 Å². The zero-order valence-corrected chi connectivity index (χ0v) is 13.0. The minimum absolute atomic E-state index is 0.136. The first-order valence-corrected chi connectivity index (χ1v) is 8.17. The molecule has 5 heteroatoms. The number of carbonyl (C=O) groups is 1. The second kappa shape index (κ2) is 7.72. The molecule has 0 aromatic heterocycles. The maximum absolute atomic E-state index is 12.0. The Morgan fingerprint density at radius 3 is 2.91 bits per heavy atom. The molecule has 1 atom stereocenters. The maximum Gasteiger partial charge on any atom is 0.224 e. The van der Waals surface area contributed by atoms with E-state index in [9.17, 15) is 4.79 Å². The summed E-state index contributed by atoms with van der Waals surface area (Å²) in [5.74, 6) is 0.306. The van der Waals surface area contributed by atoms with Crippen molar-refractivity contribution in [1.29, 1.82) is 0 Å². The van der Waals surface area contributed by atoms with Crippen molar-refractivity contribution in [2.45, 2.75) is 19.5 Å². The number of hydrogen-bond donors (Lipinski definition) is 2.